The van der Waals surface area contributed by atoms with Crippen LogP contribution in [0, 0.1) is 17.2 Å². The molecule has 2 fully saturated rings. The van der Waals surface area contributed by atoms with E-state index in [1.54, 1.807) is 0 Å². The van der Waals surface area contributed by atoms with Gasteiger partial charge in [0.2, 0.25) is 0 Å². The SMILES string of the molecule is N#CCC(c1ccccc1)N(CC1CC1)CC1CCCN1. The van der Waals surface area contributed by atoms with E-state index in [0.29, 0.717) is 12.5 Å². The average Bonchev–Trinajstić information content (AvgIpc) is 3.18. The van der Waals surface area contributed by atoms with E-state index in [4.69, 9.17) is 0 Å². The van der Waals surface area contributed by atoms with E-state index in [2.05, 4.69) is 46.6 Å². The van der Waals surface area contributed by atoms with Crippen molar-refractivity contribution in [3.63, 3.8) is 0 Å². The molecule has 1 saturated heterocycles. The zero-order valence-corrected chi connectivity index (χ0v) is 12.7. The second-order valence-corrected chi connectivity index (χ2v) is 6.48. The Balaban J connectivity index is 1.74. The van der Waals surface area contributed by atoms with E-state index in [-0.39, 0.29) is 6.04 Å². The molecule has 1 aliphatic heterocycles. The summed E-state index contributed by atoms with van der Waals surface area (Å²) in [6.45, 7) is 3.38. The molecule has 0 aromatic heterocycles. The van der Waals surface area contributed by atoms with Crippen LogP contribution in [-0.2, 0) is 0 Å². The monoisotopic (exact) mass is 283 g/mol. The summed E-state index contributed by atoms with van der Waals surface area (Å²) >= 11 is 0. The summed E-state index contributed by atoms with van der Waals surface area (Å²) in [7, 11) is 0. The molecule has 21 heavy (non-hydrogen) atoms. The van der Waals surface area contributed by atoms with Crippen molar-refractivity contribution in [3.05, 3.63) is 35.9 Å². The Morgan fingerprint density at radius 3 is 2.62 bits per heavy atom. The first kappa shape index (κ1) is 14.6. The number of hydrogen-bond acceptors (Lipinski definition) is 3. The second kappa shape index (κ2) is 7.06. The van der Waals surface area contributed by atoms with Crippen LogP contribution in [0.25, 0.3) is 0 Å². The zero-order valence-electron chi connectivity index (χ0n) is 12.7. The Morgan fingerprint density at radius 2 is 2.00 bits per heavy atom. The molecule has 1 saturated carbocycles. The van der Waals surface area contributed by atoms with Gasteiger partial charge in [0.1, 0.15) is 0 Å². The van der Waals surface area contributed by atoms with Crippen molar-refractivity contribution in [1.29, 1.82) is 5.26 Å². The van der Waals surface area contributed by atoms with Crippen LogP contribution in [0.4, 0.5) is 0 Å². The number of hydrogen-bond donors (Lipinski definition) is 1. The minimum absolute atomic E-state index is 0.249. The van der Waals surface area contributed by atoms with E-state index >= 15 is 0 Å². The van der Waals surface area contributed by atoms with Crippen LogP contribution >= 0.6 is 0 Å². The molecule has 3 heteroatoms. The summed E-state index contributed by atoms with van der Waals surface area (Å²) in [5.74, 6) is 0.858. The van der Waals surface area contributed by atoms with Crippen LogP contribution in [0.5, 0.6) is 0 Å². The Hall–Kier alpha value is -1.37. The molecular weight excluding hydrogens is 258 g/mol. The highest BCUT2D eigenvalue weighted by Crippen LogP contribution is 2.34. The first-order valence-corrected chi connectivity index (χ1v) is 8.26. The largest absolute Gasteiger partial charge is 0.313 e. The number of benzene rings is 1. The fraction of sp³-hybridized carbons (Fsp3) is 0.611. The molecule has 1 heterocycles. The van der Waals surface area contributed by atoms with Crippen molar-refractivity contribution in [3.8, 4) is 6.07 Å². The lowest BCUT2D eigenvalue weighted by Crippen LogP contribution is -2.40. The van der Waals surface area contributed by atoms with Gasteiger partial charge in [-0.05, 0) is 43.7 Å². The van der Waals surface area contributed by atoms with Crippen LogP contribution in [0.15, 0.2) is 30.3 Å². The van der Waals surface area contributed by atoms with Gasteiger partial charge >= 0.3 is 0 Å². The summed E-state index contributed by atoms with van der Waals surface area (Å²) < 4.78 is 0. The maximum atomic E-state index is 9.27. The number of nitrogens with zero attached hydrogens (tertiary/aromatic N) is 2. The third-order valence-electron chi connectivity index (χ3n) is 4.72. The lowest BCUT2D eigenvalue weighted by molar-refractivity contribution is 0.174. The molecule has 3 nitrogen and oxygen atoms in total. The quantitative estimate of drug-likeness (QED) is 0.835. The van der Waals surface area contributed by atoms with Crippen molar-refractivity contribution >= 4 is 0 Å². The minimum Gasteiger partial charge on any atom is -0.313 e. The van der Waals surface area contributed by atoms with E-state index in [9.17, 15) is 5.26 Å². The first-order chi connectivity index (χ1) is 10.4. The topological polar surface area (TPSA) is 39.1 Å². The second-order valence-electron chi connectivity index (χ2n) is 6.48. The summed E-state index contributed by atoms with van der Waals surface area (Å²) in [6.07, 6.45) is 5.88. The van der Waals surface area contributed by atoms with Crippen LogP contribution in [-0.4, -0.2) is 30.6 Å². The normalized spacial score (nSPS) is 23.1. The Morgan fingerprint density at radius 1 is 1.19 bits per heavy atom. The smallest absolute Gasteiger partial charge is 0.0641 e. The minimum atomic E-state index is 0.249. The van der Waals surface area contributed by atoms with Gasteiger partial charge in [-0.1, -0.05) is 30.3 Å². The summed E-state index contributed by atoms with van der Waals surface area (Å²) in [5, 5.41) is 12.9. The molecule has 1 aliphatic carbocycles. The van der Waals surface area contributed by atoms with Gasteiger partial charge < -0.3 is 5.32 Å². The molecule has 2 aliphatic rings. The van der Waals surface area contributed by atoms with Crippen LogP contribution in [0.1, 0.15) is 43.7 Å². The molecular formula is C18H25N3. The Bertz CT molecular complexity index is 469. The zero-order chi connectivity index (χ0) is 14.5. The highest BCUT2D eigenvalue weighted by atomic mass is 15.2. The fourth-order valence-electron chi connectivity index (χ4n) is 3.38. The van der Waals surface area contributed by atoms with Crippen LogP contribution in [0.3, 0.4) is 0 Å². The molecule has 3 rings (SSSR count). The van der Waals surface area contributed by atoms with Crippen LogP contribution < -0.4 is 5.32 Å². The maximum absolute atomic E-state index is 9.27. The van der Waals surface area contributed by atoms with Crippen molar-refractivity contribution < 1.29 is 0 Å². The molecule has 1 N–H and O–H groups in total. The summed E-state index contributed by atoms with van der Waals surface area (Å²) in [6, 6.07) is 13.8. The lowest BCUT2D eigenvalue weighted by Gasteiger charge is -2.33. The van der Waals surface area contributed by atoms with E-state index in [0.717, 1.165) is 25.6 Å². The molecule has 1 aromatic rings. The van der Waals surface area contributed by atoms with Gasteiger partial charge in [-0.25, -0.2) is 0 Å². The molecule has 0 radical (unpaired) electrons. The number of nitriles is 1. The average molecular weight is 283 g/mol. The Kier molecular flexibility index (Phi) is 4.90. The third kappa shape index (κ3) is 4.06. The predicted molar refractivity (Wildman–Crippen MR) is 84.7 cm³/mol. The van der Waals surface area contributed by atoms with E-state index in [1.807, 2.05) is 0 Å². The van der Waals surface area contributed by atoms with Crippen molar-refractivity contribution in [2.75, 3.05) is 19.6 Å². The highest BCUT2D eigenvalue weighted by molar-refractivity contribution is 5.20. The van der Waals surface area contributed by atoms with Crippen molar-refractivity contribution in [2.45, 2.75) is 44.2 Å². The molecule has 1 aromatic carbocycles. The third-order valence-corrected chi connectivity index (χ3v) is 4.72. The van der Waals surface area contributed by atoms with E-state index < -0.39 is 0 Å². The maximum Gasteiger partial charge on any atom is 0.0641 e. The molecule has 0 bridgehead atoms. The van der Waals surface area contributed by atoms with Gasteiger partial charge in [-0.2, -0.15) is 5.26 Å². The summed E-state index contributed by atoms with van der Waals surface area (Å²) in [5.41, 5.74) is 1.29. The Labute approximate surface area is 128 Å². The number of nitrogens with one attached hydrogen (secondary N) is 1. The molecule has 2 unspecified atom stereocenters. The molecule has 0 amide bonds. The molecule has 112 valence electrons. The summed E-state index contributed by atoms with van der Waals surface area (Å²) in [4.78, 5) is 2.57. The van der Waals surface area contributed by atoms with Gasteiger partial charge in [0.15, 0.2) is 0 Å². The van der Waals surface area contributed by atoms with Crippen molar-refractivity contribution in [2.24, 2.45) is 5.92 Å². The molecule has 0 spiro atoms. The van der Waals surface area contributed by atoms with Crippen molar-refractivity contribution in [1.82, 2.24) is 10.2 Å². The van der Waals surface area contributed by atoms with E-state index in [1.165, 1.54) is 31.2 Å². The standard InChI is InChI=1S/C18H25N3/c19-11-10-18(16-5-2-1-3-6-16)21(13-15-8-9-15)14-17-7-4-12-20-17/h1-3,5-6,15,17-18,20H,4,7-10,12-14H2. The highest BCUT2D eigenvalue weighted by Gasteiger charge is 2.30. The predicted octanol–water partition coefficient (Wildman–Crippen LogP) is 3.11. The number of rotatable bonds is 7. The van der Waals surface area contributed by atoms with Crippen LogP contribution in [0.2, 0.25) is 0 Å². The van der Waals surface area contributed by atoms with Gasteiger partial charge in [0.25, 0.3) is 0 Å². The van der Waals surface area contributed by atoms with Gasteiger partial charge in [-0.3, -0.25) is 4.90 Å². The van der Waals surface area contributed by atoms with Gasteiger partial charge in [0, 0.05) is 25.2 Å². The molecule has 2 atom stereocenters. The lowest BCUT2D eigenvalue weighted by atomic mass is 10.0. The first-order valence-electron chi connectivity index (χ1n) is 8.26. The van der Waals surface area contributed by atoms with Gasteiger partial charge in [-0.15, -0.1) is 0 Å². The fourth-order valence-corrected chi connectivity index (χ4v) is 3.38. The van der Waals surface area contributed by atoms with Gasteiger partial charge in [0.05, 0.1) is 12.5 Å².